The summed E-state index contributed by atoms with van der Waals surface area (Å²) in [7, 11) is 0. The molecule has 6 heteroatoms. The van der Waals surface area contributed by atoms with Crippen molar-refractivity contribution >= 4 is 6.03 Å². The second-order valence-electron chi connectivity index (χ2n) is 4.99. The summed E-state index contributed by atoms with van der Waals surface area (Å²) < 4.78 is 7.38. The number of ether oxygens (including phenoxy) is 1. The lowest BCUT2D eigenvalue weighted by molar-refractivity contribution is 0.236. The van der Waals surface area contributed by atoms with E-state index >= 15 is 0 Å². The van der Waals surface area contributed by atoms with Crippen LogP contribution in [0.2, 0.25) is 0 Å². The van der Waals surface area contributed by atoms with Gasteiger partial charge in [-0.3, -0.25) is 4.68 Å². The first kappa shape index (κ1) is 15.9. The zero-order valence-electron chi connectivity index (χ0n) is 13.0. The fraction of sp³-hybridized carbons (Fsp3) is 0.375. The van der Waals surface area contributed by atoms with Crippen LogP contribution in [-0.2, 0) is 6.54 Å². The minimum Gasteiger partial charge on any atom is -0.492 e. The number of rotatable bonds is 7. The van der Waals surface area contributed by atoms with E-state index in [1.165, 1.54) is 0 Å². The van der Waals surface area contributed by atoms with Gasteiger partial charge in [-0.1, -0.05) is 18.2 Å². The predicted molar refractivity (Wildman–Crippen MR) is 85.0 cm³/mol. The summed E-state index contributed by atoms with van der Waals surface area (Å²) in [4.78, 5) is 11.6. The van der Waals surface area contributed by atoms with E-state index < -0.39 is 0 Å². The van der Waals surface area contributed by atoms with Crippen LogP contribution in [-0.4, -0.2) is 35.5 Å². The molecule has 0 aliphatic rings. The van der Waals surface area contributed by atoms with Gasteiger partial charge >= 0.3 is 6.03 Å². The number of aryl methyl sites for hydroxylation is 2. The molecule has 1 aromatic carbocycles. The molecule has 0 spiro atoms. The molecule has 0 saturated heterocycles. The van der Waals surface area contributed by atoms with Crippen LogP contribution in [0.3, 0.4) is 0 Å². The van der Waals surface area contributed by atoms with Gasteiger partial charge in [-0.25, -0.2) is 4.79 Å². The molecule has 0 bridgehead atoms. The summed E-state index contributed by atoms with van der Waals surface area (Å²) in [6, 6.07) is 11.3. The molecular weight excluding hydrogens is 280 g/mol. The standard InChI is InChI=1S/C16H22N4O2/c1-13-12-14(2)20(19-13)10-8-17-16(21)18-9-11-22-15-6-4-3-5-7-15/h3-7,12H,8-11H2,1-2H3,(H2,17,18,21). The third kappa shape index (κ3) is 5.12. The minimum absolute atomic E-state index is 0.196. The highest BCUT2D eigenvalue weighted by atomic mass is 16.5. The van der Waals surface area contributed by atoms with Gasteiger partial charge in [0.25, 0.3) is 0 Å². The molecule has 0 fully saturated rings. The molecule has 2 rings (SSSR count). The van der Waals surface area contributed by atoms with Crippen molar-refractivity contribution in [2.24, 2.45) is 0 Å². The van der Waals surface area contributed by atoms with E-state index in [-0.39, 0.29) is 6.03 Å². The van der Waals surface area contributed by atoms with Crippen molar-refractivity contribution in [3.63, 3.8) is 0 Å². The lowest BCUT2D eigenvalue weighted by Gasteiger charge is -2.09. The smallest absolute Gasteiger partial charge is 0.314 e. The van der Waals surface area contributed by atoms with Gasteiger partial charge in [-0.2, -0.15) is 5.10 Å². The van der Waals surface area contributed by atoms with E-state index in [9.17, 15) is 4.79 Å². The molecular formula is C16H22N4O2. The van der Waals surface area contributed by atoms with Crippen LogP contribution in [0.5, 0.6) is 5.75 Å². The van der Waals surface area contributed by atoms with Crippen molar-refractivity contribution in [1.29, 1.82) is 0 Å². The number of amides is 2. The molecule has 2 N–H and O–H groups in total. The Balaban J connectivity index is 1.57. The molecule has 0 atom stereocenters. The fourth-order valence-corrected chi connectivity index (χ4v) is 2.09. The van der Waals surface area contributed by atoms with Gasteiger partial charge in [0.15, 0.2) is 0 Å². The van der Waals surface area contributed by atoms with Crippen LogP contribution in [0.4, 0.5) is 4.79 Å². The van der Waals surface area contributed by atoms with Gasteiger partial charge in [0.1, 0.15) is 12.4 Å². The van der Waals surface area contributed by atoms with Crippen LogP contribution < -0.4 is 15.4 Å². The molecule has 2 amide bonds. The summed E-state index contributed by atoms with van der Waals surface area (Å²) in [5.74, 6) is 0.800. The minimum atomic E-state index is -0.196. The summed E-state index contributed by atoms with van der Waals surface area (Å²) in [6.45, 7) is 6.05. The number of nitrogens with one attached hydrogen (secondary N) is 2. The molecule has 0 unspecified atom stereocenters. The molecule has 0 aliphatic carbocycles. The Morgan fingerprint density at radius 1 is 1.18 bits per heavy atom. The number of benzene rings is 1. The maximum Gasteiger partial charge on any atom is 0.314 e. The van der Waals surface area contributed by atoms with Crippen molar-refractivity contribution in [2.75, 3.05) is 19.7 Å². The first-order valence-electron chi connectivity index (χ1n) is 7.36. The average molecular weight is 302 g/mol. The van der Waals surface area contributed by atoms with E-state index in [0.29, 0.717) is 26.2 Å². The maximum absolute atomic E-state index is 11.6. The largest absolute Gasteiger partial charge is 0.492 e. The normalized spacial score (nSPS) is 10.3. The summed E-state index contributed by atoms with van der Waals surface area (Å²) in [5.41, 5.74) is 2.08. The predicted octanol–water partition coefficient (Wildman–Crippen LogP) is 1.88. The van der Waals surface area contributed by atoms with Crippen molar-refractivity contribution in [3.8, 4) is 5.75 Å². The topological polar surface area (TPSA) is 68.2 Å². The quantitative estimate of drug-likeness (QED) is 0.767. The summed E-state index contributed by atoms with van der Waals surface area (Å²) in [5, 5.41) is 9.90. The number of carbonyl (C=O) groups excluding carboxylic acids is 1. The van der Waals surface area contributed by atoms with Gasteiger partial charge < -0.3 is 15.4 Å². The first-order chi connectivity index (χ1) is 10.6. The zero-order chi connectivity index (χ0) is 15.8. The van der Waals surface area contributed by atoms with E-state index in [0.717, 1.165) is 17.1 Å². The molecule has 118 valence electrons. The van der Waals surface area contributed by atoms with Crippen molar-refractivity contribution in [3.05, 3.63) is 47.8 Å². The number of carbonyl (C=O) groups is 1. The van der Waals surface area contributed by atoms with Crippen LogP contribution in [0.25, 0.3) is 0 Å². The SMILES string of the molecule is Cc1cc(C)n(CCNC(=O)NCCOc2ccccc2)n1. The molecule has 1 aromatic heterocycles. The highest BCUT2D eigenvalue weighted by Gasteiger charge is 2.02. The van der Waals surface area contributed by atoms with Gasteiger partial charge in [-0.05, 0) is 32.0 Å². The van der Waals surface area contributed by atoms with Crippen LogP contribution in [0, 0.1) is 13.8 Å². The average Bonchev–Trinajstić information content (AvgIpc) is 2.83. The van der Waals surface area contributed by atoms with Gasteiger partial charge in [0.2, 0.25) is 0 Å². The monoisotopic (exact) mass is 302 g/mol. The van der Waals surface area contributed by atoms with Crippen molar-refractivity contribution < 1.29 is 9.53 Å². The van der Waals surface area contributed by atoms with Gasteiger partial charge in [-0.15, -0.1) is 0 Å². The zero-order valence-corrected chi connectivity index (χ0v) is 13.0. The van der Waals surface area contributed by atoms with Crippen LogP contribution in [0.1, 0.15) is 11.4 Å². The Morgan fingerprint density at radius 2 is 1.91 bits per heavy atom. The lowest BCUT2D eigenvalue weighted by Crippen LogP contribution is -2.39. The van der Waals surface area contributed by atoms with E-state index in [1.54, 1.807) is 0 Å². The van der Waals surface area contributed by atoms with Crippen molar-refractivity contribution in [1.82, 2.24) is 20.4 Å². The lowest BCUT2D eigenvalue weighted by atomic mass is 10.3. The number of urea groups is 1. The molecule has 0 radical (unpaired) electrons. The second kappa shape index (κ2) is 8.07. The Hall–Kier alpha value is -2.50. The molecule has 2 aromatic rings. The highest BCUT2D eigenvalue weighted by molar-refractivity contribution is 5.73. The second-order valence-corrected chi connectivity index (χ2v) is 4.99. The Morgan fingerprint density at radius 3 is 2.59 bits per heavy atom. The first-order valence-corrected chi connectivity index (χ1v) is 7.36. The Kier molecular flexibility index (Phi) is 5.82. The number of para-hydroxylation sites is 1. The van der Waals surface area contributed by atoms with E-state index in [4.69, 9.17) is 4.74 Å². The third-order valence-electron chi connectivity index (χ3n) is 3.11. The Labute approximate surface area is 130 Å². The molecule has 6 nitrogen and oxygen atoms in total. The molecule has 0 saturated carbocycles. The van der Waals surface area contributed by atoms with E-state index in [1.807, 2.05) is 54.9 Å². The summed E-state index contributed by atoms with van der Waals surface area (Å²) >= 11 is 0. The summed E-state index contributed by atoms with van der Waals surface area (Å²) in [6.07, 6.45) is 0. The van der Waals surface area contributed by atoms with Gasteiger partial charge in [0, 0.05) is 12.2 Å². The number of aromatic nitrogens is 2. The number of nitrogens with zero attached hydrogens (tertiary/aromatic N) is 2. The van der Waals surface area contributed by atoms with Crippen LogP contribution in [0.15, 0.2) is 36.4 Å². The molecule has 1 heterocycles. The Bertz CT molecular complexity index is 595. The number of hydrogen-bond donors (Lipinski definition) is 2. The maximum atomic E-state index is 11.6. The van der Waals surface area contributed by atoms with Crippen molar-refractivity contribution in [2.45, 2.75) is 20.4 Å². The number of hydrogen-bond acceptors (Lipinski definition) is 3. The van der Waals surface area contributed by atoms with E-state index in [2.05, 4.69) is 15.7 Å². The highest BCUT2D eigenvalue weighted by Crippen LogP contribution is 2.07. The third-order valence-corrected chi connectivity index (χ3v) is 3.11. The molecule has 0 aliphatic heterocycles. The molecule has 22 heavy (non-hydrogen) atoms. The van der Waals surface area contributed by atoms with Crippen LogP contribution >= 0.6 is 0 Å². The van der Waals surface area contributed by atoms with Gasteiger partial charge in [0.05, 0.1) is 18.8 Å². The fourth-order valence-electron chi connectivity index (χ4n) is 2.09.